The van der Waals surface area contributed by atoms with Gasteiger partial charge in [0.25, 0.3) is 5.56 Å². The van der Waals surface area contributed by atoms with E-state index in [1.807, 2.05) is 60.7 Å². The SMILES string of the molecule is O=C(Nc1ccccn1)C1CCN(Cc2ccc(-c3nc4cc[nH]c(=O)c4cc3-c3ccccc3)cc2)CC1.O=C(O)C(F)(F)F. The van der Waals surface area contributed by atoms with Crippen LogP contribution >= 0.6 is 0 Å². The first-order chi connectivity index (χ1) is 22.1. The number of anilines is 1. The molecule has 6 rings (SSSR count). The van der Waals surface area contributed by atoms with Crippen LogP contribution in [0.3, 0.4) is 0 Å². The molecular weight excluding hydrogens is 599 g/mol. The molecule has 3 N–H and O–H groups in total. The topological polar surface area (TPSA) is 128 Å². The molecule has 0 radical (unpaired) electrons. The maximum atomic E-state index is 12.6. The number of carbonyl (C=O) groups is 2. The standard InChI is InChI=1S/C32H29N5O2.C2HF3O2/c38-31(36-29-8-4-5-16-33-29)25-14-18-37(19-15-25)21-22-9-11-24(12-10-22)30-26(23-6-2-1-3-7-23)20-27-28(35-30)13-17-34-32(27)39;3-2(4,5)1(6)7/h1-13,16-17,20,25H,14-15,18-19,21H2,(H,34,39)(H,33,36,38);(H,6,7). The number of aromatic amines is 1. The van der Waals surface area contributed by atoms with Crippen LogP contribution in [0.4, 0.5) is 19.0 Å². The average Bonchev–Trinajstić information content (AvgIpc) is 3.06. The van der Waals surface area contributed by atoms with E-state index in [4.69, 9.17) is 14.9 Å². The number of rotatable bonds is 6. The monoisotopic (exact) mass is 629 g/mol. The van der Waals surface area contributed by atoms with Crippen molar-refractivity contribution < 1.29 is 27.9 Å². The predicted octanol–water partition coefficient (Wildman–Crippen LogP) is 6.14. The summed E-state index contributed by atoms with van der Waals surface area (Å²) in [7, 11) is 0. The molecule has 2 aromatic carbocycles. The second-order valence-corrected chi connectivity index (χ2v) is 10.7. The number of aliphatic carboxylic acids is 1. The van der Waals surface area contributed by atoms with Gasteiger partial charge in [-0.2, -0.15) is 13.2 Å². The highest BCUT2D eigenvalue weighted by Gasteiger charge is 2.38. The van der Waals surface area contributed by atoms with Gasteiger partial charge < -0.3 is 15.4 Å². The van der Waals surface area contributed by atoms with Crippen LogP contribution < -0.4 is 10.9 Å². The van der Waals surface area contributed by atoms with E-state index in [0.717, 1.165) is 54.9 Å². The quantitative estimate of drug-likeness (QED) is 0.206. The molecule has 9 nitrogen and oxygen atoms in total. The van der Waals surface area contributed by atoms with E-state index < -0.39 is 12.1 Å². The van der Waals surface area contributed by atoms with E-state index in [1.165, 1.54) is 5.56 Å². The second-order valence-electron chi connectivity index (χ2n) is 10.7. The second kappa shape index (κ2) is 14.2. The van der Waals surface area contributed by atoms with Gasteiger partial charge in [0.1, 0.15) is 5.82 Å². The number of benzene rings is 2. The van der Waals surface area contributed by atoms with Crippen molar-refractivity contribution in [3.8, 4) is 22.4 Å². The third kappa shape index (κ3) is 8.02. The van der Waals surface area contributed by atoms with Crippen molar-refractivity contribution in [2.24, 2.45) is 5.92 Å². The largest absolute Gasteiger partial charge is 0.490 e. The fourth-order valence-corrected chi connectivity index (χ4v) is 5.21. The Balaban J connectivity index is 0.000000537. The number of fused-ring (bicyclic) bond motifs is 1. The number of hydrogen-bond acceptors (Lipinski definition) is 6. The summed E-state index contributed by atoms with van der Waals surface area (Å²) in [4.78, 5) is 48.2. The first-order valence-corrected chi connectivity index (χ1v) is 14.5. The summed E-state index contributed by atoms with van der Waals surface area (Å²) in [6, 6.07) is 27.8. The van der Waals surface area contributed by atoms with Crippen molar-refractivity contribution in [1.29, 1.82) is 0 Å². The Morgan fingerprint density at radius 2 is 1.61 bits per heavy atom. The molecule has 1 saturated heterocycles. The van der Waals surface area contributed by atoms with Crippen LogP contribution in [0.25, 0.3) is 33.3 Å². The third-order valence-corrected chi connectivity index (χ3v) is 7.59. The van der Waals surface area contributed by atoms with Gasteiger partial charge in [-0.15, -0.1) is 0 Å². The number of piperidine rings is 1. The lowest BCUT2D eigenvalue weighted by Gasteiger charge is -2.31. The smallest absolute Gasteiger partial charge is 0.475 e. The number of hydrogen-bond donors (Lipinski definition) is 3. The molecule has 5 aromatic rings. The van der Waals surface area contributed by atoms with E-state index in [1.54, 1.807) is 12.4 Å². The van der Waals surface area contributed by atoms with Gasteiger partial charge in [-0.05, 0) is 61.3 Å². The van der Waals surface area contributed by atoms with Crippen LogP contribution in [0, 0.1) is 5.92 Å². The first-order valence-electron chi connectivity index (χ1n) is 14.5. The Morgan fingerprint density at radius 3 is 2.24 bits per heavy atom. The number of nitrogens with zero attached hydrogens (tertiary/aromatic N) is 3. The lowest BCUT2D eigenvalue weighted by Crippen LogP contribution is -2.37. The minimum atomic E-state index is -5.08. The highest BCUT2D eigenvalue weighted by molar-refractivity contribution is 5.92. The number of nitrogens with one attached hydrogen (secondary N) is 2. The van der Waals surface area contributed by atoms with Crippen LogP contribution in [0.2, 0.25) is 0 Å². The summed E-state index contributed by atoms with van der Waals surface area (Å²) in [5.41, 5.74) is 5.55. The van der Waals surface area contributed by atoms with E-state index in [0.29, 0.717) is 16.7 Å². The fourth-order valence-electron chi connectivity index (χ4n) is 5.21. The van der Waals surface area contributed by atoms with E-state index in [-0.39, 0.29) is 17.4 Å². The minimum absolute atomic E-state index is 0.00764. The van der Waals surface area contributed by atoms with Crippen molar-refractivity contribution in [2.45, 2.75) is 25.6 Å². The zero-order chi connectivity index (χ0) is 32.7. The van der Waals surface area contributed by atoms with E-state index in [2.05, 4.69) is 44.5 Å². The van der Waals surface area contributed by atoms with Crippen molar-refractivity contribution in [2.75, 3.05) is 18.4 Å². The van der Waals surface area contributed by atoms with Crippen molar-refractivity contribution in [3.05, 3.63) is 113 Å². The number of amides is 1. The van der Waals surface area contributed by atoms with Gasteiger partial charge in [-0.25, -0.2) is 14.8 Å². The zero-order valence-electron chi connectivity index (χ0n) is 24.5. The van der Waals surface area contributed by atoms with Gasteiger partial charge in [0.2, 0.25) is 5.91 Å². The molecule has 0 saturated carbocycles. The third-order valence-electron chi connectivity index (χ3n) is 7.59. The summed E-state index contributed by atoms with van der Waals surface area (Å²) in [6.07, 6.45) is -0.101. The lowest BCUT2D eigenvalue weighted by molar-refractivity contribution is -0.192. The number of alkyl halides is 3. The zero-order valence-corrected chi connectivity index (χ0v) is 24.5. The van der Waals surface area contributed by atoms with Gasteiger partial charge in [0.05, 0.1) is 16.6 Å². The molecule has 3 aromatic heterocycles. The summed E-state index contributed by atoms with van der Waals surface area (Å²) in [5, 5.41) is 10.6. The number of carboxylic acid groups (broad SMARTS) is 1. The molecule has 1 amide bonds. The number of H-pyrrole nitrogens is 1. The molecule has 0 atom stereocenters. The maximum absolute atomic E-state index is 12.6. The van der Waals surface area contributed by atoms with E-state index >= 15 is 0 Å². The summed E-state index contributed by atoms with van der Waals surface area (Å²) >= 11 is 0. The molecule has 1 aliphatic rings. The van der Waals surface area contributed by atoms with Crippen LogP contribution in [-0.4, -0.2) is 56.1 Å². The molecule has 4 heterocycles. The number of carbonyl (C=O) groups excluding carboxylic acids is 1. The van der Waals surface area contributed by atoms with Gasteiger partial charge in [0, 0.05) is 36.0 Å². The molecular formula is C34H30F3N5O4. The van der Waals surface area contributed by atoms with Crippen molar-refractivity contribution >= 4 is 28.6 Å². The minimum Gasteiger partial charge on any atom is -0.475 e. The molecule has 12 heteroatoms. The normalized spacial score (nSPS) is 13.9. The van der Waals surface area contributed by atoms with E-state index in [9.17, 15) is 22.8 Å². The Labute approximate surface area is 261 Å². The van der Waals surface area contributed by atoms with Gasteiger partial charge in [-0.1, -0.05) is 60.7 Å². The predicted molar refractivity (Wildman–Crippen MR) is 168 cm³/mol. The Kier molecular flexibility index (Phi) is 9.87. The van der Waals surface area contributed by atoms with Gasteiger partial charge in [0.15, 0.2) is 0 Å². The molecule has 0 spiro atoms. The summed E-state index contributed by atoms with van der Waals surface area (Å²) < 4.78 is 31.7. The van der Waals surface area contributed by atoms with Gasteiger partial charge in [-0.3, -0.25) is 14.5 Å². The maximum Gasteiger partial charge on any atom is 0.490 e. The van der Waals surface area contributed by atoms with Crippen molar-refractivity contribution in [3.63, 3.8) is 0 Å². The highest BCUT2D eigenvalue weighted by Crippen LogP contribution is 2.33. The number of likely N-dealkylation sites (tertiary alicyclic amines) is 1. The molecule has 1 fully saturated rings. The van der Waals surface area contributed by atoms with Crippen LogP contribution in [0.1, 0.15) is 18.4 Å². The average molecular weight is 630 g/mol. The van der Waals surface area contributed by atoms with Crippen molar-refractivity contribution in [1.82, 2.24) is 19.9 Å². The molecule has 236 valence electrons. The number of aromatic nitrogens is 3. The fraction of sp³-hybridized carbons (Fsp3) is 0.206. The molecule has 1 aliphatic heterocycles. The summed E-state index contributed by atoms with van der Waals surface area (Å²) in [5.74, 6) is -2.09. The van der Waals surface area contributed by atoms with Gasteiger partial charge >= 0.3 is 12.1 Å². The van der Waals surface area contributed by atoms with Crippen LogP contribution in [-0.2, 0) is 16.1 Å². The Morgan fingerprint density at radius 1 is 0.935 bits per heavy atom. The van der Waals surface area contributed by atoms with Crippen LogP contribution in [0.5, 0.6) is 0 Å². The molecule has 0 unspecified atom stereocenters. The Bertz CT molecular complexity index is 1860. The number of pyridine rings is 3. The summed E-state index contributed by atoms with van der Waals surface area (Å²) in [6.45, 7) is 2.59. The first kappa shape index (κ1) is 32.0. The molecule has 0 aliphatic carbocycles. The number of carboxylic acids is 1. The molecule has 0 bridgehead atoms. The number of halogens is 3. The molecule has 46 heavy (non-hydrogen) atoms. The van der Waals surface area contributed by atoms with Crippen LogP contribution in [0.15, 0.2) is 102 Å². The lowest BCUT2D eigenvalue weighted by atomic mass is 9.95. The Hall–Kier alpha value is -5.36. The highest BCUT2D eigenvalue weighted by atomic mass is 19.4.